The number of hydrogen-bond donors (Lipinski definition) is 3. The van der Waals surface area contributed by atoms with Crippen LogP contribution in [-0.4, -0.2) is 64.2 Å². The second-order valence-electron chi connectivity index (χ2n) is 8.82. The van der Waals surface area contributed by atoms with Crippen molar-refractivity contribution in [2.24, 2.45) is 23.5 Å². The van der Waals surface area contributed by atoms with Crippen LogP contribution in [0.2, 0.25) is 0 Å². The van der Waals surface area contributed by atoms with Crippen molar-refractivity contribution in [2.75, 3.05) is 13.1 Å². The third-order valence-electron chi connectivity index (χ3n) is 7.15. The van der Waals surface area contributed by atoms with Crippen LogP contribution in [0.4, 0.5) is 0 Å². The Morgan fingerprint density at radius 3 is 2.74 bits per heavy atom. The van der Waals surface area contributed by atoms with Gasteiger partial charge in [0.05, 0.1) is 18.2 Å². The lowest BCUT2D eigenvalue weighted by Crippen LogP contribution is -2.63. The highest BCUT2D eigenvalue weighted by Gasteiger charge is 2.49. The number of allylic oxidation sites excluding steroid dienone is 1. The van der Waals surface area contributed by atoms with E-state index in [1.165, 1.54) is 0 Å². The molecule has 6 atom stereocenters. The van der Waals surface area contributed by atoms with Crippen molar-refractivity contribution in [3.05, 3.63) is 23.9 Å². The van der Waals surface area contributed by atoms with Crippen LogP contribution in [-0.2, 0) is 9.59 Å². The summed E-state index contributed by atoms with van der Waals surface area (Å²) in [7, 11) is 0. The Kier molecular flexibility index (Phi) is 4.14. The number of nitrogens with zero attached hydrogens (tertiary/aromatic N) is 2. The predicted octanol–water partition coefficient (Wildman–Crippen LogP) is 0.489. The van der Waals surface area contributed by atoms with Gasteiger partial charge in [-0.1, -0.05) is 12.2 Å². The number of nitrogens with one attached hydrogen (secondary N) is 1. The first-order chi connectivity index (χ1) is 13.0. The second kappa shape index (κ2) is 6.43. The molecule has 5 rings (SSSR count). The van der Waals surface area contributed by atoms with E-state index in [0.717, 1.165) is 45.2 Å². The first-order valence-electron chi connectivity index (χ1n) is 10.2. The molecule has 0 aromatic rings. The quantitative estimate of drug-likeness (QED) is 0.490. The highest BCUT2D eigenvalue weighted by atomic mass is 16.4. The topological polar surface area (TPSA) is 98.9 Å². The van der Waals surface area contributed by atoms with Gasteiger partial charge in [-0.05, 0) is 43.9 Å². The van der Waals surface area contributed by atoms with Gasteiger partial charge in [-0.25, -0.2) is 4.79 Å². The number of carbonyl (C=O) groups excluding carboxylic acids is 1. The van der Waals surface area contributed by atoms with Gasteiger partial charge < -0.3 is 15.7 Å². The molecule has 0 aromatic heterocycles. The highest BCUT2D eigenvalue weighted by Crippen LogP contribution is 2.40. The first kappa shape index (κ1) is 17.4. The van der Waals surface area contributed by atoms with E-state index in [1.54, 1.807) is 6.20 Å². The van der Waals surface area contributed by atoms with Crippen LogP contribution in [0, 0.1) is 17.8 Å². The lowest BCUT2D eigenvalue weighted by atomic mass is 9.83. The summed E-state index contributed by atoms with van der Waals surface area (Å²) in [5.74, 6) is -0.434. The van der Waals surface area contributed by atoms with Gasteiger partial charge in [-0.15, -0.1) is 0 Å². The van der Waals surface area contributed by atoms with Crippen molar-refractivity contribution in [3.63, 3.8) is 0 Å². The van der Waals surface area contributed by atoms with E-state index in [0.29, 0.717) is 17.9 Å². The van der Waals surface area contributed by atoms with E-state index in [4.69, 9.17) is 5.73 Å². The molecule has 3 heterocycles. The number of carboxylic acid groups (broad SMARTS) is 1. The molecule has 146 valence electrons. The van der Waals surface area contributed by atoms with Crippen molar-refractivity contribution in [1.29, 1.82) is 0 Å². The summed E-state index contributed by atoms with van der Waals surface area (Å²) in [6.07, 6.45) is 11.0. The van der Waals surface area contributed by atoms with Gasteiger partial charge in [0, 0.05) is 31.4 Å². The summed E-state index contributed by atoms with van der Waals surface area (Å²) in [6.45, 7) is 2.05. The summed E-state index contributed by atoms with van der Waals surface area (Å²) in [5, 5.41) is 13.1. The molecule has 7 heteroatoms. The van der Waals surface area contributed by atoms with Crippen molar-refractivity contribution >= 4 is 11.8 Å². The Bertz CT molecular complexity index is 716. The highest BCUT2D eigenvalue weighted by molar-refractivity contribution is 6.18. The number of nitrogens with two attached hydrogens (primary N) is 1. The molecule has 5 aliphatic rings. The number of hydrogen-bond acceptors (Lipinski definition) is 6. The van der Waals surface area contributed by atoms with E-state index in [2.05, 4.69) is 27.3 Å². The summed E-state index contributed by atoms with van der Waals surface area (Å²) in [6, 6.07) is 0.510. The van der Waals surface area contributed by atoms with Crippen molar-refractivity contribution in [1.82, 2.24) is 15.1 Å². The van der Waals surface area contributed by atoms with Crippen LogP contribution in [0.3, 0.4) is 0 Å². The number of fused-ring (bicyclic) bond motifs is 2. The molecule has 4 N–H and O–H groups in total. The molecular weight excluding hydrogens is 344 g/mol. The van der Waals surface area contributed by atoms with Crippen molar-refractivity contribution in [2.45, 2.75) is 56.5 Å². The molecular formula is C20H28N4O3. The minimum atomic E-state index is -1.10. The van der Waals surface area contributed by atoms with Gasteiger partial charge in [0.1, 0.15) is 5.57 Å². The zero-order valence-electron chi connectivity index (χ0n) is 15.5. The van der Waals surface area contributed by atoms with Crippen LogP contribution in [0.25, 0.3) is 0 Å². The number of piperidine rings is 1. The second-order valence-corrected chi connectivity index (χ2v) is 8.82. The maximum absolute atomic E-state index is 12.7. The Morgan fingerprint density at radius 2 is 2.04 bits per heavy atom. The molecule has 6 unspecified atom stereocenters. The maximum atomic E-state index is 12.7. The normalized spacial score (nSPS) is 41.9. The molecule has 27 heavy (non-hydrogen) atoms. The number of carboxylic acids is 1. The number of carbonyl (C=O) groups is 2. The van der Waals surface area contributed by atoms with E-state index in [9.17, 15) is 14.7 Å². The van der Waals surface area contributed by atoms with E-state index < -0.39 is 5.97 Å². The van der Waals surface area contributed by atoms with E-state index in [1.807, 2.05) is 0 Å². The molecule has 7 nitrogen and oxygen atoms in total. The van der Waals surface area contributed by atoms with Crippen LogP contribution in [0.15, 0.2) is 23.9 Å². The Hall–Kier alpha value is -1.70. The number of Topliss-reactive ketones (excluding diaryl/α,β-unsaturated/α-hetero) is 1. The molecule has 0 aromatic carbocycles. The van der Waals surface area contributed by atoms with Gasteiger partial charge in [0.15, 0.2) is 5.78 Å². The Labute approximate surface area is 159 Å². The molecule has 2 saturated heterocycles. The summed E-state index contributed by atoms with van der Waals surface area (Å²) >= 11 is 0. The molecule has 0 radical (unpaired) electrons. The standard InChI is InChI=1S/C20H28N4O3/c21-16-3-1-2-11-8-23(9-14(11)16)17-7-6-13-18(25)15(20(26)27)10-24(12-4-5-12)19(13)22-17/h1,3,10-14,16-17,19,22H,2,4-9,21H2,(H,26,27). The number of likely N-dealkylation sites (tertiary alicyclic amines) is 1. The molecule has 1 saturated carbocycles. The predicted molar refractivity (Wildman–Crippen MR) is 99.3 cm³/mol. The monoisotopic (exact) mass is 372 g/mol. The zero-order chi connectivity index (χ0) is 18.7. The SMILES string of the molecule is NC1C=CCC2CN(C3CCC4C(=O)C(C(=O)O)=CN(C5CC5)C4N3)CC12. The third kappa shape index (κ3) is 2.92. The van der Waals surface area contributed by atoms with Crippen LogP contribution >= 0.6 is 0 Å². The maximum Gasteiger partial charge on any atom is 0.340 e. The van der Waals surface area contributed by atoms with E-state index >= 15 is 0 Å². The fourth-order valence-corrected chi connectivity index (χ4v) is 5.53. The van der Waals surface area contributed by atoms with Crippen LogP contribution in [0.5, 0.6) is 0 Å². The van der Waals surface area contributed by atoms with Gasteiger partial charge in [0.2, 0.25) is 0 Å². The molecule has 0 spiro atoms. The fourth-order valence-electron chi connectivity index (χ4n) is 5.53. The number of rotatable bonds is 3. The summed E-state index contributed by atoms with van der Waals surface area (Å²) in [5.41, 5.74) is 6.25. The minimum absolute atomic E-state index is 0.0485. The van der Waals surface area contributed by atoms with Gasteiger partial charge in [-0.2, -0.15) is 0 Å². The average molecular weight is 372 g/mol. The number of aliphatic carboxylic acids is 1. The molecule has 0 bridgehead atoms. The Morgan fingerprint density at radius 1 is 1.22 bits per heavy atom. The zero-order valence-corrected chi connectivity index (χ0v) is 15.5. The van der Waals surface area contributed by atoms with E-state index in [-0.39, 0.29) is 35.6 Å². The molecule has 0 amide bonds. The smallest absolute Gasteiger partial charge is 0.340 e. The summed E-state index contributed by atoms with van der Waals surface area (Å²) in [4.78, 5) is 28.9. The fraction of sp³-hybridized carbons (Fsp3) is 0.700. The summed E-state index contributed by atoms with van der Waals surface area (Å²) < 4.78 is 0. The minimum Gasteiger partial charge on any atom is -0.478 e. The number of ketones is 1. The lowest BCUT2D eigenvalue weighted by Gasteiger charge is -2.47. The largest absolute Gasteiger partial charge is 0.478 e. The molecule has 2 aliphatic carbocycles. The molecule has 3 aliphatic heterocycles. The third-order valence-corrected chi connectivity index (χ3v) is 7.15. The van der Waals surface area contributed by atoms with Gasteiger partial charge in [0.25, 0.3) is 0 Å². The Balaban J connectivity index is 1.34. The van der Waals surface area contributed by atoms with Crippen LogP contribution in [0.1, 0.15) is 32.1 Å². The lowest BCUT2D eigenvalue weighted by molar-refractivity contribution is -0.137. The van der Waals surface area contributed by atoms with Gasteiger partial charge >= 0.3 is 5.97 Å². The molecule has 3 fully saturated rings. The van der Waals surface area contributed by atoms with Crippen molar-refractivity contribution < 1.29 is 14.7 Å². The average Bonchev–Trinajstić information content (AvgIpc) is 3.39. The van der Waals surface area contributed by atoms with Crippen LogP contribution < -0.4 is 11.1 Å². The van der Waals surface area contributed by atoms with Crippen molar-refractivity contribution in [3.8, 4) is 0 Å². The first-order valence-corrected chi connectivity index (χ1v) is 10.2. The van der Waals surface area contributed by atoms with Gasteiger partial charge in [-0.3, -0.25) is 15.0 Å².